The van der Waals surface area contributed by atoms with Gasteiger partial charge >= 0.3 is 5.97 Å². The molecule has 0 aliphatic carbocycles. The van der Waals surface area contributed by atoms with Gasteiger partial charge in [-0.15, -0.1) is 0 Å². The molecule has 0 aliphatic heterocycles. The third-order valence-electron chi connectivity index (χ3n) is 3.75. The highest BCUT2D eigenvalue weighted by Gasteiger charge is 2.20. The third-order valence-corrected chi connectivity index (χ3v) is 4.00. The second-order valence-corrected chi connectivity index (χ2v) is 6.54. The summed E-state index contributed by atoms with van der Waals surface area (Å²) < 4.78 is 0. The van der Waals surface area contributed by atoms with Crippen LogP contribution in [0.15, 0.2) is 48.5 Å². The molecule has 0 fully saturated rings. The Hall–Kier alpha value is -2.37. The Morgan fingerprint density at radius 2 is 1.80 bits per heavy atom. The van der Waals surface area contributed by atoms with Gasteiger partial charge in [-0.25, -0.2) is 0 Å². The Balaban J connectivity index is 2.02. The van der Waals surface area contributed by atoms with Gasteiger partial charge in [0.05, 0.1) is 0 Å². The van der Waals surface area contributed by atoms with E-state index >= 15 is 0 Å². The number of hydrogen-bond acceptors (Lipinski definition) is 3. The molecule has 132 valence electrons. The van der Waals surface area contributed by atoms with Gasteiger partial charge in [0.1, 0.15) is 6.04 Å². The van der Waals surface area contributed by atoms with E-state index in [0.717, 1.165) is 5.56 Å². The van der Waals surface area contributed by atoms with Gasteiger partial charge in [-0.2, -0.15) is 0 Å². The SMILES string of the molecule is CC(C)[C@H](NCc1cccc(NC(=O)c2ccc(Cl)cc2)c1)C(=O)O. The minimum Gasteiger partial charge on any atom is -0.480 e. The number of carbonyl (C=O) groups is 2. The number of aliphatic carboxylic acids is 1. The first-order valence-corrected chi connectivity index (χ1v) is 8.36. The molecule has 6 heteroatoms. The number of hydrogen-bond donors (Lipinski definition) is 3. The van der Waals surface area contributed by atoms with Crippen molar-refractivity contribution in [1.29, 1.82) is 0 Å². The Labute approximate surface area is 152 Å². The zero-order chi connectivity index (χ0) is 18.4. The number of nitrogens with one attached hydrogen (secondary N) is 2. The number of amides is 1. The predicted octanol–water partition coefficient (Wildman–Crippen LogP) is 3.79. The summed E-state index contributed by atoms with van der Waals surface area (Å²) in [4.78, 5) is 23.5. The van der Waals surface area contributed by atoms with Gasteiger partial charge in [0.15, 0.2) is 0 Å². The third kappa shape index (κ3) is 5.59. The molecule has 1 atom stereocenters. The van der Waals surface area contributed by atoms with Gasteiger partial charge in [0, 0.05) is 22.8 Å². The number of rotatable bonds is 7. The van der Waals surface area contributed by atoms with E-state index in [0.29, 0.717) is 22.8 Å². The molecule has 0 spiro atoms. The second kappa shape index (κ2) is 8.65. The lowest BCUT2D eigenvalue weighted by molar-refractivity contribution is -0.140. The summed E-state index contributed by atoms with van der Waals surface area (Å²) in [6.07, 6.45) is 0. The Morgan fingerprint density at radius 1 is 1.12 bits per heavy atom. The van der Waals surface area contributed by atoms with E-state index in [1.165, 1.54) is 0 Å². The highest BCUT2D eigenvalue weighted by atomic mass is 35.5. The molecule has 0 aromatic heterocycles. The van der Waals surface area contributed by atoms with E-state index in [9.17, 15) is 14.7 Å². The van der Waals surface area contributed by atoms with Gasteiger partial charge in [-0.3, -0.25) is 9.59 Å². The van der Waals surface area contributed by atoms with E-state index < -0.39 is 12.0 Å². The fraction of sp³-hybridized carbons (Fsp3) is 0.263. The highest BCUT2D eigenvalue weighted by Crippen LogP contribution is 2.15. The molecular weight excluding hydrogens is 340 g/mol. The van der Waals surface area contributed by atoms with Crippen molar-refractivity contribution in [1.82, 2.24) is 5.32 Å². The number of halogens is 1. The maximum Gasteiger partial charge on any atom is 0.320 e. The summed E-state index contributed by atoms with van der Waals surface area (Å²) in [7, 11) is 0. The van der Waals surface area contributed by atoms with Gasteiger partial charge in [-0.1, -0.05) is 37.6 Å². The first-order chi connectivity index (χ1) is 11.9. The lowest BCUT2D eigenvalue weighted by Crippen LogP contribution is -2.40. The zero-order valence-electron chi connectivity index (χ0n) is 14.1. The highest BCUT2D eigenvalue weighted by molar-refractivity contribution is 6.30. The molecule has 0 saturated carbocycles. The van der Waals surface area contributed by atoms with Crippen LogP contribution in [-0.4, -0.2) is 23.0 Å². The molecule has 0 bridgehead atoms. The standard InChI is InChI=1S/C19H21ClN2O3/c1-12(2)17(19(24)25)21-11-13-4-3-5-16(10-13)22-18(23)14-6-8-15(20)9-7-14/h3-10,12,17,21H,11H2,1-2H3,(H,22,23)(H,24,25)/t17-/m0/s1. The van der Waals surface area contributed by atoms with Crippen LogP contribution in [0.1, 0.15) is 29.8 Å². The van der Waals surface area contributed by atoms with Crippen molar-refractivity contribution < 1.29 is 14.7 Å². The average Bonchev–Trinajstić information content (AvgIpc) is 2.55. The van der Waals surface area contributed by atoms with Crippen LogP contribution < -0.4 is 10.6 Å². The Kier molecular flexibility index (Phi) is 6.56. The minimum absolute atomic E-state index is 0.0229. The van der Waals surface area contributed by atoms with Crippen LogP contribution in [0.4, 0.5) is 5.69 Å². The quantitative estimate of drug-likeness (QED) is 0.702. The molecule has 0 heterocycles. The molecule has 5 nitrogen and oxygen atoms in total. The first kappa shape index (κ1) is 19.0. The molecule has 2 rings (SSSR count). The molecular formula is C19H21ClN2O3. The molecule has 0 radical (unpaired) electrons. The summed E-state index contributed by atoms with van der Waals surface area (Å²) in [5.74, 6) is -1.13. The molecule has 0 saturated heterocycles. The van der Waals surface area contributed by atoms with Gasteiger partial charge in [-0.05, 0) is 47.9 Å². The van der Waals surface area contributed by atoms with Crippen molar-refractivity contribution in [3.05, 3.63) is 64.7 Å². The number of anilines is 1. The van der Waals surface area contributed by atoms with Crippen LogP contribution in [0.3, 0.4) is 0 Å². The van der Waals surface area contributed by atoms with Crippen molar-refractivity contribution >= 4 is 29.2 Å². The lowest BCUT2D eigenvalue weighted by atomic mass is 10.0. The normalized spacial score (nSPS) is 12.0. The molecule has 1 amide bonds. The minimum atomic E-state index is -0.873. The summed E-state index contributed by atoms with van der Waals surface area (Å²) >= 11 is 5.82. The number of benzene rings is 2. The summed E-state index contributed by atoms with van der Waals surface area (Å²) in [5, 5.41) is 15.6. The van der Waals surface area contributed by atoms with E-state index in [-0.39, 0.29) is 11.8 Å². The van der Waals surface area contributed by atoms with Crippen molar-refractivity contribution in [3.8, 4) is 0 Å². The van der Waals surface area contributed by atoms with Crippen molar-refractivity contribution in [3.63, 3.8) is 0 Å². The lowest BCUT2D eigenvalue weighted by Gasteiger charge is -2.18. The monoisotopic (exact) mass is 360 g/mol. The topological polar surface area (TPSA) is 78.4 Å². The second-order valence-electron chi connectivity index (χ2n) is 6.10. The fourth-order valence-corrected chi connectivity index (χ4v) is 2.53. The largest absolute Gasteiger partial charge is 0.480 e. The average molecular weight is 361 g/mol. The van der Waals surface area contributed by atoms with Crippen LogP contribution in [0.5, 0.6) is 0 Å². The first-order valence-electron chi connectivity index (χ1n) is 7.99. The zero-order valence-corrected chi connectivity index (χ0v) is 14.9. The maximum absolute atomic E-state index is 12.2. The molecule has 0 aliphatic rings. The molecule has 3 N–H and O–H groups in total. The van der Waals surface area contributed by atoms with Gasteiger partial charge < -0.3 is 15.7 Å². The van der Waals surface area contributed by atoms with Gasteiger partial charge in [0.2, 0.25) is 0 Å². The van der Waals surface area contributed by atoms with Crippen molar-refractivity contribution in [2.75, 3.05) is 5.32 Å². The summed E-state index contributed by atoms with van der Waals surface area (Å²) in [6, 6.07) is 13.3. The number of carbonyl (C=O) groups excluding carboxylic acids is 1. The maximum atomic E-state index is 12.2. The van der Waals surface area contributed by atoms with Crippen molar-refractivity contribution in [2.45, 2.75) is 26.4 Å². The van der Waals surface area contributed by atoms with Crippen LogP contribution in [0.25, 0.3) is 0 Å². The number of carboxylic acids is 1. The van der Waals surface area contributed by atoms with E-state index in [1.807, 2.05) is 32.0 Å². The van der Waals surface area contributed by atoms with E-state index in [4.69, 9.17) is 11.6 Å². The Bertz CT molecular complexity index is 745. The van der Waals surface area contributed by atoms with Crippen LogP contribution >= 0.6 is 11.6 Å². The molecule has 0 unspecified atom stereocenters. The van der Waals surface area contributed by atoms with Crippen LogP contribution in [-0.2, 0) is 11.3 Å². The fourth-order valence-electron chi connectivity index (χ4n) is 2.40. The molecule has 2 aromatic carbocycles. The van der Waals surface area contributed by atoms with Crippen LogP contribution in [0.2, 0.25) is 5.02 Å². The van der Waals surface area contributed by atoms with Crippen LogP contribution in [0, 0.1) is 5.92 Å². The summed E-state index contributed by atoms with van der Waals surface area (Å²) in [6.45, 7) is 4.11. The van der Waals surface area contributed by atoms with Crippen molar-refractivity contribution in [2.24, 2.45) is 5.92 Å². The number of carboxylic acid groups (broad SMARTS) is 1. The summed E-state index contributed by atoms with van der Waals surface area (Å²) in [5.41, 5.74) is 2.05. The van der Waals surface area contributed by atoms with E-state index in [2.05, 4.69) is 10.6 Å². The smallest absolute Gasteiger partial charge is 0.320 e. The van der Waals surface area contributed by atoms with E-state index in [1.54, 1.807) is 30.3 Å². The molecule has 2 aromatic rings. The Morgan fingerprint density at radius 3 is 2.40 bits per heavy atom. The predicted molar refractivity (Wildman–Crippen MR) is 98.9 cm³/mol. The van der Waals surface area contributed by atoms with Gasteiger partial charge in [0.25, 0.3) is 5.91 Å². The molecule has 25 heavy (non-hydrogen) atoms.